The monoisotopic (exact) mass is 453 g/mol. The lowest BCUT2D eigenvalue weighted by atomic mass is 9.91. The zero-order valence-corrected chi connectivity index (χ0v) is 19.4. The van der Waals surface area contributed by atoms with Gasteiger partial charge in [-0.3, -0.25) is 10.0 Å². The number of carbonyl (C=O) groups is 1. The van der Waals surface area contributed by atoms with E-state index in [0.717, 1.165) is 55.8 Å². The summed E-state index contributed by atoms with van der Waals surface area (Å²) in [4.78, 5) is 22.1. The van der Waals surface area contributed by atoms with Gasteiger partial charge in [-0.05, 0) is 49.7 Å². The third kappa shape index (κ3) is 4.88. The second kappa shape index (κ2) is 10.1. The van der Waals surface area contributed by atoms with Crippen molar-refractivity contribution in [1.29, 1.82) is 0 Å². The smallest absolute Gasteiger partial charge is 0.277 e. The van der Waals surface area contributed by atoms with Crippen LogP contribution in [0.3, 0.4) is 0 Å². The summed E-state index contributed by atoms with van der Waals surface area (Å²) >= 11 is 0. The number of fused-ring (bicyclic) bond motifs is 1. The standard InChI is InChI=1S/C24H31N5O4/c1-28-15-17(19-11-21(32-2)22(33-3)12-20(19)28)6-4-5-16-7-9-29(10-8-16)24-25-13-18(14-26-24)23(30)27-31/h11-16,31H,4-10H2,1-3H3,(H,27,30). The van der Waals surface area contributed by atoms with E-state index in [0.29, 0.717) is 11.9 Å². The molecule has 9 heteroatoms. The minimum Gasteiger partial charge on any atom is -0.493 e. The summed E-state index contributed by atoms with van der Waals surface area (Å²) in [6.45, 7) is 1.81. The quantitative estimate of drug-likeness (QED) is 0.398. The minimum absolute atomic E-state index is 0.237. The van der Waals surface area contributed by atoms with E-state index >= 15 is 0 Å². The number of hydrogen-bond acceptors (Lipinski definition) is 7. The molecule has 1 aliphatic rings. The first-order valence-corrected chi connectivity index (χ1v) is 11.3. The van der Waals surface area contributed by atoms with E-state index in [9.17, 15) is 4.79 Å². The maximum atomic E-state index is 11.4. The van der Waals surface area contributed by atoms with Crippen molar-refractivity contribution in [3.05, 3.63) is 41.9 Å². The van der Waals surface area contributed by atoms with Crippen LogP contribution in [0.25, 0.3) is 10.9 Å². The number of ether oxygens (including phenoxy) is 2. The molecule has 2 N–H and O–H groups in total. The number of benzene rings is 1. The maximum Gasteiger partial charge on any atom is 0.277 e. The third-order valence-electron chi connectivity index (χ3n) is 6.54. The molecule has 0 spiro atoms. The molecule has 33 heavy (non-hydrogen) atoms. The molecule has 0 saturated carbocycles. The number of rotatable bonds is 8. The molecule has 1 aromatic carbocycles. The first-order chi connectivity index (χ1) is 16.0. The Morgan fingerprint density at radius 2 is 1.82 bits per heavy atom. The zero-order chi connectivity index (χ0) is 23.4. The predicted octanol–water partition coefficient (Wildman–Crippen LogP) is 3.34. The number of piperidine rings is 1. The highest BCUT2D eigenvalue weighted by atomic mass is 16.5. The van der Waals surface area contributed by atoms with E-state index in [1.54, 1.807) is 19.7 Å². The van der Waals surface area contributed by atoms with Crippen molar-refractivity contribution < 1.29 is 19.5 Å². The van der Waals surface area contributed by atoms with Crippen LogP contribution in [-0.4, -0.2) is 53.0 Å². The molecule has 9 nitrogen and oxygen atoms in total. The summed E-state index contributed by atoms with van der Waals surface area (Å²) in [5, 5.41) is 9.92. The van der Waals surface area contributed by atoms with Crippen LogP contribution in [0.5, 0.6) is 11.5 Å². The molecule has 0 atom stereocenters. The summed E-state index contributed by atoms with van der Waals surface area (Å²) < 4.78 is 13.1. The average Bonchev–Trinajstić information content (AvgIpc) is 3.17. The van der Waals surface area contributed by atoms with Crippen molar-refractivity contribution in [2.75, 3.05) is 32.2 Å². The molecule has 4 rings (SSSR count). The van der Waals surface area contributed by atoms with Crippen LogP contribution in [0.1, 0.15) is 41.6 Å². The number of methoxy groups -OCH3 is 2. The lowest BCUT2D eigenvalue weighted by Gasteiger charge is -2.32. The number of aromatic nitrogens is 3. The van der Waals surface area contributed by atoms with Crippen molar-refractivity contribution in [2.24, 2.45) is 13.0 Å². The van der Waals surface area contributed by atoms with Gasteiger partial charge in [0, 0.05) is 50.2 Å². The van der Waals surface area contributed by atoms with Gasteiger partial charge in [-0.2, -0.15) is 0 Å². The predicted molar refractivity (Wildman–Crippen MR) is 125 cm³/mol. The number of hydrogen-bond donors (Lipinski definition) is 2. The molecular weight excluding hydrogens is 422 g/mol. The highest BCUT2D eigenvalue weighted by Crippen LogP contribution is 2.35. The SMILES string of the molecule is COc1cc2c(CCCC3CCN(c4ncc(C(=O)NO)cn4)CC3)cn(C)c2cc1OC. The van der Waals surface area contributed by atoms with Crippen LogP contribution in [-0.2, 0) is 13.5 Å². The summed E-state index contributed by atoms with van der Waals surface area (Å²) in [5.41, 5.74) is 4.32. The molecule has 1 aliphatic heterocycles. The number of carbonyl (C=O) groups excluding carboxylic acids is 1. The number of aryl methyl sites for hydroxylation is 2. The Hall–Kier alpha value is -3.33. The molecule has 1 amide bonds. The highest BCUT2D eigenvalue weighted by Gasteiger charge is 2.21. The van der Waals surface area contributed by atoms with Crippen LogP contribution in [0.4, 0.5) is 5.95 Å². The normalized spacial score (nSPS) is 14.5. The van der Waals surface area contributed by atoms with E-state index in [1.165, 1.54) is 29.8 Å². The van der Waals surface area contributed by atoms with Gasteiger partial charge < -0.3 is 18.9 Å². The van der Waals surface area contributed by atoms with Crippen molar-refractivity contribution in [2.45, 2.75) is 32.1 Å². The summed E-state index contributed by atoms with van der Waals surface area (Å²) in [5.74, 6) is 2.22. The molecule has 2 aromatic heterocycles. The number of amides is 1. The molecule has 0 aliphatic carbocycles. The maximum absolute atomic E-state index is 11.4. The first-order valence-electron chi connectivity index (χ1n) is 11.3. The van der Waals surface area contributed by atoms with E-state index in [4.69, 9.17) is 14.7 Å². The van der Waals surface area contributed by atoms with Gasteiger partial charge in [0.1, 0.15) is 0 Å². The first kappa shape index (κ1) is 22.8. The van der Waals surface area contributed by atoms with Gasteiger partial charge in [-0.15, -0.1) is 0 Å². The highest BCUT2D eigenvalue weighted by molar-refractivity contribution is 5.92. The Bertz CT molecular complexity index is 1100. The Morgan fingerprint density at radius 1 is 1.15 bits per heavy atom. The lowest BCUT2D eigenvalue weighted by Crippen LogP contribution is -2.35. The van der Waals surface area contributed by atoms with Crippen molar-refractivity contribution >= 4 is 22.8 Å². The van der Waals surface area contributed by atoms with Gasteiger partial charge in [-0.1, -0.05) is 0 Å². The fourth-order valence-corrected chi connectivity index (χ4v) is 4.66. The Balaban J connectivity index is 1.31. The summed E-state index contributed by atoms with van der Waals surface area (Å²) in [7, 11) is 5.40. The molecule has 0 radical (unpaired) electrons. The molecule has 176 valence electrons. The van der Waals surface area contributed by atoms with Gasteiger partial charge >= 0.3 is 0 Å². The lowest BCUT2D eigenvalue weighted by molar-refractivity contribution is 0.0705. The van der Waals surface area contributed by atoms with Crippen LogP contribution in [0, 0.1) is 5.92 Å². The molecule has 0 unspecified atom stereocenters. The van der Waals surface area contributed by atoms with Crippen LogP contribution >= 0.6 is 0 Å². The average molecular weight is 454 g/mol. The van der Waals surface area contributed by atoms with Gasteiger partial charge in [0.05, 0.1) is 25.3 Å². The number of hydroxylamine groups is 1. The Kier molecular flexibility index (Phi) is 6.98. The van der Waals surface area contributed by atoms with Crippen molar-refractivity contribution in [3.63, 3.8) is 0 Å². The van der Waals surface area contributed by atoms with Crippen molar-refractivity contribution in [1.82, 2.24) is 20.0 Å². The minimum atomic E-state index is -0.607. The van der Waals surface area contributed by atoms with Crippen LogP contribution < -0.4 is 19.9 Å². The molecule has 1 fully saturated rings. The Labute approximate surface area is 193 Å². The van der Waals surface area contributed by atoms with Gasteiger partial charge in [0.2, 0.25) is 5.95 Å². The molecule has 3 heterocycles. The fraction of sp³-hybridized carbons (Fsp3) is 0.458. The third-order valence-corrected chi connectivity index (χ3v) is 6.54. The van der Waals surface area contributed by atoms with E-state index in [1.807, 2.05) is 6.07 Å². The van der Waals surface area contributed by atoms with Crippen LogP contribution in [0.2, 0.25) is 0 Å². The number of anilines is 1. The number of nitrogens with one attached hydrogen (secondary N) is 1. The van der Waals surface area contributed by atoms with Gasteiger partial charge in [-0.25, -0.2) is 15.4 Å². The molecular formula is C24H31N5O4. The molecule has 3 aromatic rings. The van der Waals surface area contributed by atoms with E-state index in [2.05, 4.69) is 38.7 Å². The largest absolute Gasteiger partial charge is 0.493 e. The zero-order valence-electron chi connectivity index (χ0n) is 19.4. The van der Waals surface area contributed by atoms with Crippen molar-refractivity contribution in [3.8, 4) is 11.5 Å². The van der Waals surface area contributed by atoms with E-state index < -0.39 is 5.91 Å². The van der Waals surface area contributed by atoms with E-state index in [-0.39, 0.29) is 5.56 Å². The van der Waals surface area contributed by atoms with Gasteiger partial charge in [0.25, 0.3) is 5.91 Å². The second-order valence-corrected chi connectivity index (χ2v) is 8.52. The summed E-state index contributed by atoms with van der Waals surface area (Å²) in [6.07, 6.45) is 10.7. The topological polar surface area (TPSA) is 102 Å². The van der Waals surface area contributed by atoms with Crippen LogP contribution in [0.15, 0.2) is 30.7 Å². The number of nitrogens with zero attached hydrogens (tertiary/aromatic N) is 4. The van der Waals surface area contributed by atoms with Gasteiger partial charge in [0.15, 0.2) is 11.5 Å². The summed E-state index contributed by atoms with van der Waals surface area (Å²) in [6, 6.07) is 4.12. The fourth-order valence-electron chi connectivity index (χ4n) is 4.66. The molecule has 1 saturated heterocycles. The second-order valence-electron chi connectivity index (χ2n) is 8.52. The Morgan fingerprint density at radius 3 is 2.45 bits per heavy atom. The molecule has 0 bridgehead atoms.